The van der Waals surface area contributed by atoms with E-state index in [4.69, 9.17) is 0 Å². The van der Waals surface area contributed by atoms with Gasteiger partial charge in [-0.15, -0.1) is 0 Å². The van der Waals surface area contributed by atoms with Gasteiger partial charge in [0.05, 0.1) is 5.78 Å². The number of hydrogen-bond acceptors (Lipinski definition) is 2. The average molecular weight is 209 g/mol. The Morgan fingerprint density at radius 2 is 1.93 bits per heavy atom. The molecule has 0 spiro atoms. The van der Waals surface area contributed by atoms with Crippen LogP contribution in [0, 0.1) is 5.41 Å². The van der Waals surface area contributed by atoms with Crippen LogP contribution >= 0.6 is 7.80 Å². The minimum absolute atomic E-state index is 0.0507. The number of fused-ring (bicyclic) bond motifs is 1. The topological polar surface area (TPSA) is 29.1 Å². The van der Waals surface area contributed by atoms with Gasteiger partial charge in [-0.3, -0.25) is 0 Å². The normalized spacial score (nSPS) is 25.6. The number of nitrogens with one attached hydrogen (secondary N) is 1. The molecule has 0 saturated heterocycles. The van der Waals surface area contributed by atoms with Crippen LogP contribution in [-0.2, 0) is 4.57 Å². The molecule has 0 amide bonds. The van der Waals surface area contributed by atoms with Gasteiger partial charge in [0.2, 0.25) is 0 Å². The Hall–Kier alpha value is -0.750. The number of hydrogen-bond donors (Lipinski definition) is 1. The first-order chi connectivity index (χ1) is 6.50. The van der Waals surface area contributed by atoms with Crippen molar-refractivity contribution in [3.05, 3.63) is 24.3 Å². The van der Waals surface area contributed by atoms with E-state index in [0.717, 1.165) is 11.0 Å². The highest BCUT2D eigenvalue weighted by molar-refractivity contribution is 7.55. The summed E-state index contributed by atoms with van der Waals surface area (Å²) in [6, 6.07) is 7.90. The van der Waals surface area contributed by atoms with E-state index in [1.807, 2.05) is 24.3 Å². The third kappa shape index (κ3) is 1.48. The van der Waals surface area contributed by atoms with Crippen molar-refractivity contribution >= 4 is 18.8 Å². The van der Waals surface area contributed by atoms with Gasteiger partial charge in [-0.25, -0.2) is 0 Å². The molecule has 0 bridgehead atoms. The molecule has 0 radical (unpaired) electrons. The maximum atomic E-state index is 12.2. The Kier molecular flexibility index (Phi) is 2.19. The Morgan fingerprint density at radius 3 is 2.50 bits per heavy atom. The first kappa shape index (κ1) is 9.79. The summed E-state index contributed by atoms with van der Waals surface area (Å²) in [6.45, 7) is 6.37. The fourth-order valence-corrected chi connectivity index (χ4v) is 3.88. The fourth-order valence-electron chi connectivity index (χ4n) is 1.81. The number of para-hydroxylation sites is 1. The van der Waals surface area contributed by atoms with Crippen LogP contribution in [0.2, 0.25) is 0 Å². The van der Waals surface area contributed by atoms with Crippen LogP contribution in [0.4, 0.5) is 5.69 Å². The highest BCUT2D eigenvalue weighted by Crippen LogP contribution is 2.45. The van der Waals surface area contributed by atoms with Crippen molar-refractivity contribution in [3.63, 3.8) is 0 Å². The van der Waals surface area contributed by atoms with E-state index >= 15 is 0 Å². The van der Waals surface area contributed by atoms with E-state index < -0.39 is 7.80 Å². The van der Waals surface area contributed by atoms with Gasteiger partial charge in [0.25, 0.3) is 0 Å². The molecule has 1 heterocycles. The first-order valence-electron chi connectivity index (χ1n) is 4.90. The largest absolute Gasteiger partial charge is 0.374 e. The van der Waals surface area contributed by atoms with Crippen molar-refractivity contribution in [2.24, 2.45) is 5.41 Å². The van der Waals surface area contributed by atoms with Gasteiger partial charge in [-0.05, 0) is 17.5 Å². The summed E-state index contributed by atoms with van der Waals surface area (Å²) < 4.78 is 12.2. The lowest BCUT2D eigenvalue weighted by molar-refractivity contribution is 0.407. The maximum absolute atomic E-state index is 12.2. The predicted molar refractivity (Wildman–Crippen MR) is 61.9 cm³/mol. The third-order valence-corrected chi connectivity index (χ3v) is 5.12. The SMILES string of the molecule is CC(C)(C)[C@@H]1Nc2ccccc2[P@H]1=O. The van der Waals surface area contributed by atoms with Crippen LogP contribution in [0.15, 0.2) is 24.3 Å². The highest BCUT2D eigenvalue weighted by Gasteiger charge is 2.36. The molecule has 1 aliphatic heterocycles. The van der Waals surface area contributed by atoms with Gasteiger partial charge < -0.3 is 9.88 Å². The van der Waals surface area contributed by atoms with E-state index in [0.29, 0.717) is 0 Å². The molecular formula is C11H16NOP. The molecule has 14 heavy (non-hydrogen) atoms. The monoisotopic (exact) mass is 209 g/mol. The van der Waals surface area contributed by atoms with E-state index in [2.05, 4.69) is 26.1 Å². The molecule has 0 aromatic heterocycles. The summed E-state index contributed by atoms with van der Waals surface area (Å²) in [4.78, 5) is 0. The zero-order valence-electron chi connectivity index (χ0n) is 8.79. The van der Waals surface area contributed by atoms with Crippen LogP contribution in [-0.4, -0.2) is 5.78 Å². The standard InChI is InChI=1S/C11H16NOP/c1-11(2,3)10-12-8-6-4-5-7-9(8)14(10)13/h4-7,10,12,14H,1-3H3/t10-/m1/s1. The maximum Gasteiger partial charge on any atom is 0.127 e. The first-order valence-corrected chi connectivity index (χ1v) is 6.38. The number of anilines is 1. The molecule has 1 aromatic rings. The number of rotatable bonds is 0. The van der Waals surface area contributed by atoms with Crippen LogP contribution < -0.4 is 10.6 Å². The lowest BCUT2D eigenvalue weighted by atomic mass is 9.96. The Balaban J connectivity index is 2.40. The summed E-state index contributed by atoms with van der Waals surface area (Å²) >= 11 is 0. The average Bonchev–Trinajstić information content (AvgIpc) is 2.44. The molecular weight excluding hydrogens is 193 g/mol. The van der Waals surface area contributed by atoms with Crippen molar-refractivity contribution in [1.82, 2.24) is 0 Å². The second kappa shape index (κ2) is 3.13. The van der Waals surface area contributed by atoms with Crippen LogP contribution in [0.1, 0.15) is 20.8 Å². The van der Waals surface area contributed by atoms with E-state index in [1.54, 1.807) is 0 Å². The molecule has 2 atom stereocenters. The minimum Gasteiger partial charge on any atom is -0.374 e. The summed E-state index contributed by atoms with van der Waals surface area (Å²) in [7, 11) is -1.67. The van der Waals surface area contributed by atoms with Crippen LogP contribution in [0.5, 0.6) is 0 Å². The molecule has 0 fully saturated rings. The van der Waals surface area contributed by atoms with Gasteiger partial charge in [0.15, 0.2) is 0 Å². The summed E-state index contributed by atoms with van der Waals surface area (Å²) in [6.07, 6.45) is 0. The van der Waals surface area contributed by atoms with Crippen molar-refractivity contribution in [2.45, 2.75) is 26.6 Å². The summed E-state index contributed by atoms with van der Waals surface area (Å²) in [5.41, 5.74) is 1.10. The molecule has 2 nitrogen and oxygen atoms in total. The fraction of sp³-hybridized carbons (Fsp3) is 0.455. The van der Waals surface area contributed by atoms with Gasteiger partial charge in [-0.1, -0.05) is 32.9 Å². The van der Waals surface area contributed by atoms with Crippen LogP contribution in [0.3, 0.4) is 0 Å². The minimum atomic E-state index is -1.67. The molecule has 76 valence electrons. The smallest absolute Gasteiger partial charge is 0.127 e. The van der Waals surface area contributed by atoms with Crippen LogP contribution in [0.25, 0.3) is 0 Å². The van der Waals surface area contributed by atoms with Gasteiger partial charge in [-0.2, -0.15) is 0 Å². The van der Waals surface area contributed by atoms with Crippen molar-refractivity contribution < 1.29 is 4.57 Å². The van der Waals surface area contributed by atoms with Gasteiger partial charge in [0, 0.05) is 11.0 Å². The zero-order valence-corrected chi connectivity index (χ0v) is 9.79. The highest BCUT2D eigenvalue weighted by atomic mass is 31.1. The lowest BCUT2D eigenvalue weighted by Gasteiger charge is -2.26. The number of benzene rings is 1. The molecule has 0 aliphatic carbocycles. The Labute approximate surface area is 85.5 Å². The third-order valence-electron chi connectivity index (χ3n) is 2.62. The Bertz CT molecular complexity index is 381. The molecule has 1 N–H and O–H groups in total. The van der Waals surface area contributed by atoms with Crippen molar-refractivity contribution in [1.29, 1.82) is 0 Å². The van der Waals surface area contributed by atoms with E-state index in [1.165, 1.54) is 0 Å². The summed E-state index contributed by atoms with van der Waals surface area (Å²) in [5, 5.41) is 4.37. The lowest BCUT2D eigenvalue weighted by Crippen LogP contribution is -2.27. The molecule has 3 heteroatoms. The molecule has 0 unspecified atom stereocenters. The second-order valence-electron chi connectivity index (χ2n) is 4.85. The zero-order chi connectivity index (χ0) is 10.3. The summed E-state index contributed by atoms with van der Waals surface area (Å²) in [5.74, 6) is 0.102. The van der Waals surface area contributed by atoms with Crippen molar-refractivity contribution in [3.8, 4) is 0 Å². The van der Waals surface area contributed by atoms with E-state index in [-0.39, 0.29) is 11.2 Å². The second-order valence-corrected chi connectivity index (χ2v) is 6.70. The molecule has 0 saturated carbocycles. The molecule has 1 aliphatic rings. The van der Waals surface area contributed by atoms with Gasteiger partial charge in [0.1, 0.15) is 7.80 Å². The molecule has 2 rings (SSSR count). The predicted octanol–water partition coefficient (Wildman–Crippen LogP) is 2.67. The van der Waals surface area contributed by atoms with E-state index in [9.17, 15) is 4.57 Å². The quantitative estimate of drug-likeness (QED) is 0.665. The van der Waals surface area contributed by atoms with Gasteiger partial charge >= 0.3 is 0 Å². The molecule has 1 aromatic carbocycles. The Morgan fingerprint density at radius 1 is 1.29 bits per heavy atom. The van der Waals surface area contributed by atoms with Crippen molar-refractivity contribution in [2.75, 3.05) is 5.32 Å².